The highest BCUT2D eigenvalue weighted by Gasteiger charge is 2.15. The molecule has 0 aliphatic heterocycles. The number of benzene rings is 2. The lowest BCUT2D eigenvalue weighted by Gasteiger charge is -2.05. The molecule has 4 N–H and O–H groups in total. The number of carboxylic acids is 1. The van der Waals surface area contributed by atoms with E-state index in [9.17, 15) is 9.90 Å². The van der Waals surface area contributed by atoms with Gasteiger partial charge in [-0.25, -0.2) is 9.78 Å². The quantitative estimate of drug-likeness (QED) is 0.401. The maximum atomic E-state index is 11.3. The summed E-state index contributed by atoms with van der Waals surface area (Å²) in [4.78, 5) is 30.4. The number of aromatic amines is 2. The van der Waals surface area contributed by atoms with Crippen molar-refractivity contribution in [3.05, 3.63) is 70.4 Å². The van der Waals surface area contributed by atoms with Gasteiger partial charge in [-0.2, -0.15) is 4.98 Å². The Bertz CT molecular complexity index is 1270. The lowest BCUT2D eigenvalue weighted by molar-refractivity contribution is -0.364. The van der Waals surface area contributed by atoms with E-state index in [0.717, 1.165) is 22.3 Å². The van der Waals surface area contributed by atoms with Crippen molar-refractivity contribution < 1.29 is 29.5 Å². The number of nitrogens with zero attached hydrogens (tertiary/aromatic N) is 1. The first-order chi connectivity index (χ1) is 14.8. The molecule has 0 saturated carbocycles. The van der Waals surface area contributed by atoms with Crippen LogP contribution >= 0.6 is 11.6 Å². The van der Waals surface area contributed by atoms with Gasteiger partial charge in [-0.15, -0.1) is 0 Å². The molecule has 2 aromatic carbocycles. The monoisotopic (exact) mass is 440 g/mol. The van der Waals surface area contributed by atoms with Crippen LogP contribution in [0.4, 0.5) is 0 Å². The van der Waals surface area contributed by atoms with E-state index >= 15 is 0 Å². The lowest BCUT2D eigenvalue weighted by Crippen LogP contribution is -2.05. The fourth-order valence-electron chi connectivity index (χ4n) is 3.00. The van der Waals surface area contributed by atoms with Crippen molar-refractivity contribution >= 4 is 35.1 Å². The lowest BCUT2D eigenvalue weighted by atomic mass is 10.1. The molecule has 4 rings (SSSR count). The number of pyridine rings is 1. The van der Waals surface area contributed by atoms with E-state index in [-0.39, 0.29) is 18.0 Å². The number of imidazole rings is 1. The fraction of sp³-hybridized carbons (Fsp3) is 0.0909. The van der Waals surface area contributed by atoms with Crippen molar-refractivity contribution in [2.24, 2.45) is 0 Å². The normalized spacial score (nSPS) is 10.3. The number of hydrogen-bond donors (Lipinski definition) is 3. The van der Waals surface area contributed by atoms with Gasteiger partial charge in [-0.1, -0.05) is 17.7 Å². The molecule has 0 bridgehead atoms. The molecule has 8 nitrogen and oxygen atoms in total. The maximum absolute atomic E-state index is 11.3. The third-order valence-electron chi connectivity index (χ3n) is 4.45. The van der Waals surface area contributed by atoms with E-state index in [1.54, 1.807) is 25.1 Å². The molecular formula is C22H19ClN3O5+. The molecule has 9 heteroatoms. The van der Waals surface area contributed by atoms with Gasteiger partial charge in [0.15, 0.2) is 6.20 Å². The van der Waals surface area contributed by atoms with Gasteiger partial charge in [0.2, 0.25) is 5.69 Å². The Labute approximate surface area is 182 Å². The van der Waals surface area contributed by atoms with Crippen LogP contribution < -0.4 is 9.72 Å². The van der Waals surface area contributed by atoms with Crippen LogP contribution in [0.1, 0.15) is 21.5 Å². The molecule has 0 radical (unpaired) electrons. The molecule has 0 amide bonds. The summed E-state index contributed by atoms with van der Waals surface area (Å²) in [5, 5.41) is 16.7. The summed E-state index contributed by atoms with van der Waals surface area (Å²) < 4.78 is 5.73. The molecule has 0 aliphatic carbocycles. The second-order valence-electron chi connectivity index (χ2n) is 6.66. The van der Waals surface area contributed by atoms with Crippen molar-refractivity contribution in [3.8, 4) is 23.0 Å². The van der Waals surface area contributed by atoms with E-state index in [0.29, 0.717) is 21.9 Å². The van der Waals surface area contributed by atoms with Crippen LogP contribution in [0.3, 0.4) is 0 Å². The van der Waals surface area contributed by atoms with Crippen molar-refractivity contribution in [1.29, 1.82) is 0 Å². The number of carboxylic acid groups (broad SMARTS) is 2. The molecule has 0 saturated heterocycles. The standard InChI is InChI=1S/C21H16ClN3O3.CH2O2/c1-11-5-6-23-17(7-11)15-9-18-19(10-16(15)22)25-21(24-18)28-13-4-3-12(2)14(8-13)20(26)27;2-1-3/h3-10H,1-2H3,(H,24,25)(H,26,27);1H,(H,2,3)/p+1. The Balaban J connectivity index is 0.000000858. The number of aryl methyl sites for hydroxylation is 2. The smallest absolute Gasteiger partial charge is 0.336 e. The number of aromatic nitrogens is 3. The maximum Gasteiger partial charge on any atom is 0.336 e. The molecule has 2 heterocycles. The van der Waals surface area contributed by atoms with Gasteiger partial charge in [-0.3, -0.25) is 4.79 Å². The van der Waals surface area contributed by atoms with Gasteiger partial charge in [0.05, 0.1) is 27.2 Å². The third kappa shape index (κ3) is 4.99. The van der Waals surface area contributed by atoms with Gasteiger partial charge in [0.1, 0.15) is 5.75 Å². The van der Waals surface area contributed by atoms with E-state index in [1.807, 2.05) is 31.3 Å². The Morgan fingerprint density at radius 1 is 1.19 bits per heavy atom. The molecule has 0 unspecified atom stereocenters. The number of halogens is 1. The average Bonchev–Trinajstić information content (AvgIpc) is 3.10. The van der Waals surface area contributed by atoms with Crippen LogP contribution in [-0.4, -0.2) is 32.6 Å². The van der Waals surface area contributed by atoms with Crippen LogP contribution in [0.25, 0.3) is 22.3 Å². The van der Waals surface area contributed by atoms with E-state index in [4.69, 9.17) is 26.2 Å². The molecule has 0 atom stereocenters. The summed E-state index contributed by atoms with van der Waals surface area (Å²) in [6.07, 6.45) is 1.86. The first kappa shape index (κ1) is 21.8. The first-order valence-electron chi connectivity index (χ1n) is 9.10. The summed E-state index contributed by atoms with van der Waals surface area (Å²) in [5.41, 5.74) is 5.10. The zero-order valence-corrected chi connectivity index (χ0v) is 17.4. The second kappa shape index (κ2) is 9.27. The topological polar surface area (TPSA) is 127 Å². The van der Waals surface area contributed by atoms with Crippen molar-refractivity contribution in [1.82, 2.24) is 9.97 Å². The Kier molecular flexibility index (Phi) is 6.52. The van der Waals surface area contributed by atoms with Gasteiger partial charge < -0.3 is 19.9 Å². The second-order valence-corrected chi connectivity index (χ2v) is 7.07. The fourth-order valence-corrected chi connectivity index (χ4v) is 3.27. The van der Waals surface area contributed by atoms with Gasteiger partial charge in [0, 0.05) is 12.1 Å². The first-order valence-corrected chi connectivity index (χ1v) is 9.47. The number of rotatable bonds is 4. The van der Waals surface area contributed by atoms with Crippen LogP contribution in [0.2, 0.25) is 5.02 Å². The number of nitrogens with one attached hydrogen (secondary N) is 2. The number of H-pyrrole nitrogens is 2. The van der Waals surface area contributed by atoms with Crippen molar-refractivity contribution in [3.63, 3.8) is 0 Å². The molecule has 2 aromatic heterocycles. The zero-order chi connectivity index (χ0) is 22.5. The average molecular weight is 441 g/mol. The van der Waals surface area contributed by atoms with Gasteiger partial charge in [-0.05, 0) is 49.2 Å². The summed E-state index contributed by atoms with van der Waals surface area (Å²) in [6, 6.07) is 12.8. The minimum absolute atomic E-state index is 0.189. The van der Waals surface area contributed by atoms with Crippen molar-refractivity contribution in [2.45, 2.75) is 13.8 Å². The van der Waals surface area contributed by atoms with Gasteiger partial charge >= 0.3 is 5.97 Å². The molecule has 0 fully saturated rings. The molecule has 4 aromatic rings. The number of aromatic carboxylic acids is 1. The van der Waals surface area contributed by atoms with Crippen LogP contribution in [0.15, 0.2) is 48.7 Å². The number of hydrogen-bond acceptors (Lipinski definition) is 4. The van der Waals surface area contributed by atoms with Crippen LogP contribution in [0, 0.1) is 13.8 Å². The highest BCUT2D eigenvalue weighted by molar-refractivity contribution is 6.34. The number of fused-ring (bicyclic) bond motifs is 1. The summed E-state index contributed by atoms with van der Waals surface area (Å²) in [6.45, 7) is 3.50. The molecular weight excluding hydrogens is 422 g/mol. The highest BCUT2D eigenvalue weighted by atomic mass is 35.5. The number of ether oxygens (including phenoxy) is 1. The van der Waals surface area contributed by atoms with E-state index < -0.39 is 5.97 Å². The van der Waals surface area contributed by atoms with E-state index in [1.165, 1.54) is 6.07 Å². The summed E-state index contributed by atoms with van der Waals surface area (Å²) >= 11 is 6.46. The largest absolute Gasteiger partial charge is 0.483 e. The molecule has 31 heavy (non-hydrogen) atoms. The predicted molar refractivity (Wildman–Crippen MR) is 115 cm³/mol. The summed E-state index contributed by atoms with van der Waals surface area (Å²) in [5.74, 6) is -0.612. The minimum atomic E-state index is -1.00. The molecule has 158 valence electrons. The Hall–Kier alpha value is -3.91. The Morgan fingerprint density at radius 3 is 2.61 bits per heavy atom. The number of carbonyl (C=O) groups is 2. The molecule has 0 spiro atoms. The summed E-state index contributed by atoms with van der Waals surface area (Å²) in [7, 11) is 0. The minimum Gasteiger partial charge on any atom is -0.483 e. The SMILES string of the molecule is Cc1cc[nH+]c(-c2cc3nc(Oc4ccc(C)c(C(=O)O)c4)[nH]c3cc2Cl)c1.O=CO. The zero-order valence-electron chi connectivity index (χ0n) is 16.6. The van der Waals surface area contributed by atoms with Crippen LogP contribution in [-0.2, 0) is 4.79 Å². The van der Waals surface area contributed by atoms with E-state index in [2.05, 4.69) is 15.0 Å². The van der Waals surface area contributed by atoms with Crippen LogP contribution in [0.5, 0.6) is 11.8 Å². The Morgan fingerprint density at radius 2 is 1.94 bits per heavy atom. The predicted octanol–water partition coefficient (Wildman–Crippen LogP) is 4.51. The van der Waals surface area contributed by atoms with Crippen molar-refractivity contribution in [2.75, 3.05) is 0 Å². The molecule has 0 aliphatic rings. The van der Waals surface area contributed by atoms with Gasteiger partial charge in [0.25, 0.3) is 12.5 Å². The third-order valence-corrected chi connectivity index (χ3v) is 4.76. The highest BCUT2D eigenvalue weighted by Crippen LogP contribution is 2.31.